The van der Waals surface area contributed by atoms with Gasteiger partial charge in [-0.25, -0.2) is 0 Å². The molecule has 0 aromatic heterocycles. The van der Waals surface area contributed by atoms with Gasteiger partial charge in [0.1, 0.15) is 0 Å². The summed E-state index contributed by atoms with van der Waals surface area (Å²) >= 11 is 0. The predicted molar refractivity (Wildman–Crippen MR) is 38.2 cm³/mol. The fourth-order valence-electron chi connectivity index (χ4n) is 0.341. The molecule has 0 aliphatic heterocycles. The van der Waals surface area contributed by atoms with Crippen LogP contribution < -0.4 is 0 Å². The average molecular weight is 146 g/mol. The van der Waals surface area contributed by atoms with Crippen LogP contribution in [0.1, 0.15) is 20.3 Å². The molecule has 3 nitrogen and oxygen atoms in total. The van der Waals surface area contributed by atoms with Crippen LogP contribution in [0.25, 0.3) is 0 Å². The molecular weight excluding hydrogens is 132 g/mol. The Morgan fingerprint density at radius 1 is 1.60 bits per heavy atom. The molecule has 0 amide bonds. The molecule has 3 heteroatoms. The highest BCUT2D eigenvalue weighted by atomic mass is 16.8. The highest BCUT2D eigenvalue weighted by Gasteiger charge is 2.19. The zero-order valence-corrected chi connectivity index (χ0v) is 6.42. The van der Waals surface area contributed by atoms with E-state index in [0.29, 0.717) is 0 Å². The van der Waals surface area contributed by atoms with Crippen LogP contribution in [0.5, 0.6) is 0 Å². The third-order valence-corrected chi connectivity index (χ3v) is 1.01. The molecule has 0 heterocycles. The molecule has 0 saturated carbocycles. The zero-order chi connectivity index (χ0) is 8.20. The molecule has 0 fully saturated rings. The van der Waals surface area contributed by atoms with E-state index in [4.69, 9.17) is 10.2 Å². The molecule has 0 bridgehead atoms. The van der Waals surface area contributed by atoms with Crippen molar-refractivity contribution in [3.8, 4) is 0 Å². The molecule has 0 radical (unpaired) electrons. The molecule has 60 valence electrons. The lowest BCUT2D eigenvalue weighted by molar-refractivity contribution is -0.335. The summed E-state index contributed by atoms with van der Waals surface area (Å²) in [4.78, 5) is 0. The fraction of sp³-hybridized carbons (Fsp3) is 0.714. The van der Waals surface area contributed by atoms with Gasteiger partial charge in [-0.3, -0.25) is 0 Å². The van der Waals surface area contributed by atoms with Crippen molar-refractivity contribution < 1.29 is 14.9 Å². The summed E-state index contributed by atoms with van der Waals surface area (Å²) in [6.45, 7) is 7.11. The van der Waals surface area contributed by atoms with Gasteiger partial charge in [-0.15, -0.1) is 0 Å². The van der Waals surface area contributed by atoms with Gasteiger partial charge in [-0.05, 0) is 6.92 Å². The van der Waals surface area contributed by atoms with Crippen LogP contribution in [0.2, 0.25) is 0 Å². The molecule has 0 aliphatic rings. The van der Waals surface area contributed by atoms with Crippen molar-refractivity contribution in [1.82, 2.24) is 0 Å². The lowest BCUT2D eigenvalue weighted by Gasteiger charge is -2.19. The summed E-state index contributed by atoms with van der Waals surface area (Å²) in [5.41, 5.74) is 0.765. The Hall–Kier alpha value is -0.380. The van der Waals surface area contributed by atoms with Gasteiger partial charge in [-0.1, -0.05) is 19.1 Å². The zero-order valence-electron chi connectivity index (χ0n) is 6.42. The first-order valence-electron chi connectivity index (χ1n) is 3.21. The smallest absolute Gasteiger partial charge is 0.277 e. The molecular formula is C7H14O3. The second-order valence-corrected chi connectivity index (χ2v) is 2.34. The molecule has 0 unspecified atom stereocenters. The van der Waals surface area contributed by atoms with E-state index in [0.717, 1.165) is 5.57 Å². The Morgan fingerprint density at radius 2 is 2.10 bits per heavy atom. The van der Waals surface area contributed by atoms with Crippen LogP contribution in [0.4, 0.5) is 0 Å². The monoisotopic (exact) mass is 146 g/mol. The third-order valence-electron chi connectivity index (χ3n) is 1.01. The fourth-order valence-corrected chi connectivity index (χ4v) is 0.341. The van der Waals surface area contributed by atoms with E-state index >= 15 is 0 Å². The van der Waals surface area contributed by atoms with Crippen molar-refractivity contribution in [2.45, 2.75) is 26.2 Å². The van der Waals surface area contributed by atoms with Gasteiger partial charge in [0.05, 0.1) is 6.61 Å². The Morgan fingerprint density at radius 3 is 2.40 bits per heavy atom. The first-order chi connectivity index (χ1) is 4.48. The molecule has 10 heavy (non-hydrogen) atoms. The van der Waals surface area contributed by atoms with Crippen molar-refractivity contribution in [2.24, 2.45) is 0 Å². The van der Waals surface area contributed by atoms with E-state index < -0.39 is 5.97 Å². The molecule has 0 atom stereocenters. The second-order valence-electron chi connectivity index (χ2n) is 2.34. The van der Waals surface area contributed by atoms with Crippen molar-refractivity contribution >= 4 is 0 Å². The lowest BCUT2D eigenvalue weighted by atomic mass is 10.4. The molecule has 2 N–H and O–H groups in total. The Labute approximate surface area is 60.9 Å². The van der Waals surface area contributed by atoms with Gasteiger partial charge >= 0.3 is 0 Å². The summed E-state index contributed by atoms with van der Waals surface area (Å²) in [7, 11) is 0. The minimum absolute atomic E-state index is 0.153. The number of ether oxygens (including phenoxy) is 1. The van der Waals surface area contributed by atoms with Gasteiger partial charge in [-0.2, -0.15) is 0 Å². The van der Waals surface area contributed by atoms with E-state index in [9.17, 15) is 0 Å². The molecule has 0 spiro atoms. The normalized spacial score (nSPS) is 11.6. The maximum atomic E-state index is 8.86. The third kappa shape index (κ3) is 4.49. The number of hydrogen-bond acceptors (Lipinski definition) is 3. The number of aliphatic hydroxyl groups is 2. The first kappa shape index (κ1) is 9.62. The Bertz CT molecular complexity index is 118. The van der Waals surface area contributed by atoms with E-state index in [-0.39, 0.29) is 13.0 Å². The van der Waals surface area contributed by atoms with Crippen molar-refractivity contribution in [1.29, 1.82) is 0 Å². The van der Waals surface area contributed by atoms with Crippen molar-refractivity contribution in [3.63, 3.8) is 0 Å². The molecule has 0 aliphatic carbocycles. The topological polar surface area (TPSA) is 49.7 Å². The van der Waals surface area contributed by atoms with E-state index in [1.54, 1.807) is 13.8 Å². The second kappa shape index (κ2) is 3.71. The quantitative estimate of drug-likeness (QED) is 0.451. The minimum Gasteiger partial charge on any atom is -0.343 e. The van der Waals surface area contributed by atoms with Crippen molar-refractivity contribution in [2.75, 3.05) is 6.61 Å². The largest absolute Gasteiger partial charge is 0.343 e. The summed E-state index contributed by atoms with van der Waals surface area (Å²) in [6, 6.07) is 0. The minimum atomic E-state index is -1.99. The molecule has 0 saturated heterocycles. The van der Waals surface area contributed by atoms with Crippen LogP contribution >= 0.6 is 0 Å². The SMILES string of the molecule is C=C(C)COC(O)(O)CC. The highest BCUT2D eigenvalue weighted by molar-refractivity contribution is 4.87. The van der Waals surface area contributed by atoms with E-state index in [1.165, 1.54) is 0 Å². The van der Waals surface area contributed by atoms with Gasteiger partial charge < -0.3 is 14.9 Å². The maximum Gasteiger partial charge on any atom is 0.277 e. The van der Waals surface area contributed by atoms with Gasteiger partial charge in [0.25, 0.3) is 5.97 Å². The van der Waals surface area contributed by atoms with Gasteiger partial charge in [0.15, 0.2) is 0 Å². The molecule has 0 rings (SSSR count). The Kier molecular flexibility index (Phi) is 3.57. The van der Waals surface area contributed by atoms with Gasteiger partial charge in [0.2, 0.25) is 0 Å². The summed E-state index contributed by atoms with van der Waals surface area (Å²) in [6.07, 6.45) is 0.153. The van der Waals surface area contributed by atoms with Crippen LogP contribution in [0.15, 0.2) is 12.2 Å². The lowest BCUT2D eigenvalue weighted by Crippen LogP contribution is -2.31. The maximum absolute atomic E-state index is 8.86. The van der Waals surface area contributed by atoms with Crippen LogP contribution in [0, 0.1) is 0 Å². The standard InChI is InChI=1S/C7H14O3/c1-4-7(8,9)10-5-6(2)3/h8-9H,2,4-5H2,1,3H3. The summed E-state index contributed by atoms with van der Waals surface area (Å²) in [5, 5.41) is 17.7. The van der Waals surface area contributed by atoms with Crippen LogP contribution in [-0.2, 0) is 4.74 Å². The summed E-state index contributed by atoms with van der Waals surface area (Å²) in [5.74, 6) is -1.99. The Balaban J connectivity index is 3.56. The number of rotatable bonds is 4. The highest BCUT2D eigenvalue weighted by Crippen LogP contribution is 2.07. The average Bonchev–Trinajstić information content (AvgIpc) is 1.85. The molecule has 0 aromatic rings. The van der Waals surface area contributed by atoms with Crippen LogP contribution in [0.3, 0.4) is 0 Å². The van der Waals surface area contributed by atoms with E-state index in [1.807, 2.05) is 0 Å². The summed E-state index contributed by atoms with van der Waals surface area (Å²) < 4.78 is 4.65. The van der Waals surface area contributed by atoms with Gasteiger partial charge in [0, 0.05) is 6.42 Å². The molecule has 0 aromatic carbocycles. The van der Waals surface area contributed by atoms with Crippen LogP contribution in [-0.4, -0.2) is 22.8 Å². The predicted octanol–water partition coefficient (Wildman–Crippen LogP) is 0.628. The first-order valence-corrected chi connectivity index (χ1v) is 3.21. The van der Waals surface area contributed by atoms with E-state index in [2.05, 4.69) is 11.3 Å². The van der Waals surface area contributed by atoms with Crippen molar-refractivity contribution in [3.05, 3.63) is 12.2 Å². The number of hydrogen-bond donors (Lipinski definition) is 2.